The highest BCUT2D eigenvalue weighted by Gasteiger charge is 2.19. The first kappa shape index (κ1) is 15.8. The van der Waals surface area contributed by atoms with Crippen molar-refractivity contribution in [1.82, 2.24) is 0 Å². The Bertz CT molecular complexity index is 1050. The van der Waals surface area contributed by atoms with E-state index in [1.54, 1.807) is 32.0 Å². The Morgan fingerprint density at radius 3 is 2.42 bits per heavy atom. The lowest BCUT2D eigenvalue weighted by molar-refractivity contribution is 0.0697. The highest BCUT2D eigenvalue weighted by molar-refractivity contribution is 6.03. The van der Waals surface area contributed by atoms with E-state index in [0.717, 1.165) is 11.1 Å². The predicted molar refractivity (Wildman–Crippen MR) is 93.5 cm³/mol. The Balaban J connectivity index is 2.39. The largest absolute Gasteiger partial charge is 0.478 e. The van der Waals surface area contributed by atoms with Crippen molar-refractivity contribution in [2.75, 3.05) is 5.73 Å². The molecule has 0 bridgehead atoms. The van der Waals surface area contributed by atoms with Crippen LogP contribution in [0, 0.1) is 20.8 Å². The van der Waals surface area contributed by atoms with Crippen molar-refractivity contribution >= 4 is 22.6 Å². The topological polar surface area (TPSA) is 93.5 Å². The van der Waals surface area contributed by atoms with Crippen molar-refractivity contribution in [3.8, 4) is 11.3 Å². The van der Waals surface area contributed by atoms with Crippen LogP contribution < -0.4 is 11.2 Å². The van der Waals surface area contributed by atoms with Crippen LogP contribution in [0.5, 0.6) is 0 Å². The van der Waals surface area contributed by atoms with Crippen molar-refractivity contribution in [1.29, 1.82) is 0 Å². The van der Waals surface area contributed by atoms with E-state index in [0.29, 0.717) is 22.6 Å². The van der Waals surface area contributed by atoms with Crippen molar-refractivity contribution in [3.63, 3.8) is 0 Å². The highest BCUT2D eigenvalue weighted by atomic mass is 16.4. The van der Waals surface area contributed by atoms with E-state index in [9.17, 15) is 14.7 Å². The summed E-state index contributed by atoms with van der Waals surface area (Å²) in [5.74, 6) is -0.824. The Hall–Kier alpha value is -3.08. The maximum atomic E-state index is 12.5. The van der Waals surface area contributed by atoms with Crippen molar-refractivity contribution in [2.45, 2.75) is 20.8 Å². The standard InChI is InChI=1S/C19H17NO4/c1-9-4-5-12(7-14(9)20)16-8-15(21)13-6-10(2)11(3)17(19(22)23)18(13)24-16/h4-8H,20H2,1-3H3,(H,22,23). The third-order valence-electron chi connectivity index (χ3n) is 4.32. The van der Waals surface area contributed by atoms with E-state index in [1.165, 1.54) is 6.07 Å². The number of aromatic carboxylic acids is 1. The van der Waals surface area contributed by atoms with Gasteiger partial charge in [-0.3, -0.25) is 4.79 Å². The van der Waals surface area contributed by atoms with Crippen LogP contribution in [0.15, 0.2) is 39.5 Å². The van der Waals surface area contributed by atoms with Gasteiger partial charge in [-0.05, 0) is 49.6 Å². The van der Waals surface area contributed by atoms with Crippen LogP contribution in [-0.2, 0) is 0 Å². The highest BCUT2D eigenvalue weighted by Crippen LogP contribution is 2.29. The fraction of sp³-hybridized carbons (Fsp3) is 0.158. The third-order valence-corrected chi connectivity index (χ3v) is 4.32. The number of nitrogens with two attached hydrogens (primary N) is 1. The van der Waals surface area contributed by atoms with E-state index in [4.69, 9.17) is 10.2 Å². The number of carbonyl (C=O) groups is 1. The van der Waals surface area contributed by atoms with Gasteiger partial charge >= 0.3 is 5.97 Å². The van der Waals surface area contributed by atoms with Crippen LogP contribution in [0.4, 0.5) is 5.69 Å². The van der Waals surface area contributed by atoms with Gasteiger partial charge in [0, 0.05) is 17.3 Å². The number of aryl methyl sites for hydroxylation is 2. The third kappa shape index (κ3) is 2.44. The smallest absolute Gasteiger partial charge is 0.339 e. The number of rotatable bonds is 2. The number of hydrogen-bond donors (Lipinski definition) is 2. The summed E-state index contributed by atoms with van der Waals surface area (Å²) in [6.07, 6.45) is 0. The summed E-state index contributed by atoms with van der Waals surface area (Å²) < 4.78 is 5.82. The number of nitrogen functional groups attached to an aromatic ring is 1. The molecule has 0 unspecified atom stereocenters. The first-order valence-electron chi connectivity index (χ1n) is 7.47. The van der Waals surface area contributed by atoms with Gasteiger partial charge in [0.2, 0.25) is 0 Å². The van der Waals surface area contributed by atoms with Crippen LogP contribution in [0.1, 0.15) is 27.0 Å². The van der Waals surface area contributed by atoms with Gasteiger partial charge < -0.3 is 15.3 Å². The Morgan fingerprint density at radius 2 is 1.79 bits per heavy atom. The molecule has 1 heterocycles. The Labute approximate surface area is 138 Å². The summed E-state index contributed by atoms with van der Waals surface area (Å²) in [5, 5.41) is 9.80. The van der Waals surface area contributed by atoms with Crippen molar-refractivity contribution in [3.05, 3.63) is 62.8 Å². The zero-order valence-electron chi connectivity index (χ0n) is 13.6. The molecule has 3 N–H and O–H groups in total. The summed E-state index contributed by atoms with van der Waals surface area (Å²) in [4.78, 5) is 24.1. The SMILES string of the molecule is Cc1ccc(-c2cc(=O)c3cc(C)c(C)c(C(=O)O)c3o2)cc1N. The molecule has 0 radical (unpaired) electrons. The minimum Gasteiger partial charge on any atom is -0.478 e. The van der Waals surface area contributed by atoms with Crippen LogP contribution >= 0.6 is 0 Å². The van der Waals surface area contributed by atoms with Crippen LogP contribution in [-0.4, -0.2) is 11.1 Å². The predicted octanol–water partition coefficient (Wildman–Crippen LogP) is 3.67. The van der Waals surface area contributed by atoms with E-state index in [2.05, 4.69) is 0 Å². The molecular formula is C19H17NO4. The molecule has 0 aliphatic heterocycles. The molecule has 0 aliphatic rings. The summed E-state index contributed by atoms with van der Waals surface area (Å²) in [6, 6.07) is 8.36. The van der Waals surface area contributed by atoms with E-state index >= 15 is 0 Å². The van der Waals surface area contributed by atoms with Gasteiger partial charge in [0.25, 0.3) is 0 Å². The molecule has 0 atom stereocenters. The van der Waals surface area contributed by atoms with Crippen molar-refractivity contribution in [2.24, 2.45) is 0 Å². The van der Waals surface area contributed by atoms with Gasteiger partial charge in [0.05, 0.1) is 5.39 Å². The zero-order chi connectivity index (χ0) is 17.6. The van der Waals surface area contributed by atoms with E-state index in [1.807, 2.05) is 13.0 Å². The molecule has 1 aromatic heterocycles. The second-order valence-electron chi connectivity index (χ2n) is 5.92. The summed E-state index contributed by atoms with van der Waals surface area (Å²) in [7, 11) is 0. The van der Waals surface area contributed by atoms with Gasteiger partial charge in [-0.25, -0.2) is 4.79 Å². The molecule has 0 saturated heterocycles. The number of benzene rings is 2. The minimum atomic E-state index is -1.12. The van der Waals surface area contributed by atoms with Gasteiger partial charge in [0.15, 0.2) is 11.0 Å². The fourth-order valence-corrected chi connectivity index (χ4v) is 2.71. The molecule has 3 aromatic rings. The lowest BCUT2D eigenvalue weighted by Gasteiger charge is -2.11. The van der Waals surface area contributed by atoms with E-state index < -0.39 is 5.97 Å². The number of fused-ring (bicyclic) bond motifs is 1. The average molecular weight is 323 g/mol. The molecule has 24 heavy (non-hydrogen) atoms. The molecule has 0 amide bonds. The van der Waals surface area contributed by atoms with Crippen molar-refractivity contribution < 1.29 is 14.3 Å². The molecule has 5 nitrogen and oxygen atoms in total. The zero-order valence-corrected chi connectivity index (χ0v) is 13.6. The number of carboxylic acid groups (broad SMARTS) is 1. The van der Waals surface area contributed by atoms with Gasteiger partial charge in [0.1, 0.15) is 11.3 Å². The second-order valence-corrected chi connectivity index (χ2v) is 5.92. The lowest BCUT2D eigenvalue weighted by atomic mass is 9.99. The van der Waals surface area contributed by atoms with Gasteiger partial charge in [-0.1, -0.05) is 12.1 Å². The molecule has 0 fully saturated rings. The fourth-order valence-electron chi connectivity index (χ4n) is 2.71. The summed E-state index contributed by atoms with van der Waals surface area (Å²) in [5.41, 5.74) is 9.19. The molecule has 3 rings (SSSR count). The summed E-state index contributed by atoms with van der Waals surface area (Å²) in [6.45, 7) is 5.36. The number of hydrogen-bond acceptors (Lipinski definition) is 4. The lowest BCUT2D eigenvalue weighted by Crippen LogP contribution is -2.08. The molecule has 0 aliphatic carbocycles. The molecule has 2 aromatic carbocycles. The first-order valence-corrected chi connectivity index (χ1v) is 7.47. The molecule has 5 heteroatoms. The first-order chi connectivity index (χ1) is 11.3. The summed E-state index contributed by atoms with van der Waals surface area (Å²) >= 11 is 0. The quantitative estimate of drug-likeness (QED) is 0.702. The van der Waals surface area contributed by atoms with Crippen LogP contribution in [0.2, 0.25) is 0 Å². The second kappa shape index (κ2) is 5.53. The monoisotopic (exact) mass is 323 g/mol. The molecular weight excluding hydrogens is 306 g/mol. The van der Waals surface area contributed by atoms with Gasteiger partial charge in [-0.2, -0.15) is 0 Å². The molecule has 122 valence electrons. The molecule has 0 spiro atoms. The average Bonchev–Trinajstić information content (AvgIpc) is 2.51. The van der Waals surface area contributed by atoms with E-state index in [-0.39, 0.29) is 22.0 Å². The molecule has 0 saturated carbocycles. The van der Waals surface area contributed by atoms with Crippen LogP contribution in [0.25, 0.3) is 22.3 Å². The van der Waals surface area contributed by atoms with Gasteiger partial charge in [-0.15, -0.1) is 0 Å². The maximum absolute atomic E-state index is 12.5. The number of carboxylic acids is 1. The minimum absolute atomic E-state index is 0.0176. The maximum Gasteiger partial charge on any atom is 0.339 e. The Kier molecular flexibility index (Phi) is 3.64. The number of anilines is 1. The normalized spacial score (nSPS) is 11.0. The Morgan fingerprint density at radius 1 is 1.08 bits per heavy atom. The van der Waals surface area contributed by atoms with Crippen LogP contribution in [0.3, 0.4) is 0 Å².